The van der Waals surface area contributed by atoms with E-state index < -0.39 is 5.82 Å². The largest absolute Gasteiger partial charge is 0.454 e. The van der Waals surface area contributed by atoms with Crippen LogP contribution in [0.5, 0.6) is 11.5 Å². The van der Waals surface area contributed by atoms with E-state index in [2.05, 4.69) is 5.32 Å². The lowest BCUT2D eigenvalue weighted by Crippen LogP contribution is -2.08. The summed E-state index contributed by atoms with van der Waals surface area (Å²) in [5, 5.41) is 2.85. The van der Waals surface area contributed by atoms with Gasteiger partial charge in [0, 0.05) is 12.1 Å². The van der Waals surface area contributed by atoms with Crippen molar-refractivity contribution in [2.24, 2.45) is 0 Å². The summed E-state index contributed by atoms with van der Waals surface area (Å²) < 4.78 is 32.5. The van der Waals surface area contributed by atoms with Crippen LogP contribution in [0.1, 0.15) is 5.56 Å². The number of ether oxygens (including phenoxy) is 1. The van der Waals surface area contributed by atoms with Crippen LogP contribution >= 0.6 is 0 Å². The predicted molar refractivity (Wildman–Crippen MR) is 65.6 cm³/mol. The summed E-state index contributed by atoms with van der Waals surface area (Å²) in [7, 11) is 1.71. The zero-order valence-corrected chi connectivity index (χ0v) is 9.91. The van der Waals surface area contributed by atoms with E-state index in [0.717, 1.165) is 0 Å². The van der Waals surface area contributed by atoms with Crippen molar-refractivity contribution in [2.45, 2.75) is 6.54 Å². The van der Waals surface area contributed by atoms with Crippen molar-refractivity contribution in [1.29, 1.82) is 0 Å². The first-order valence-electron chi connectivity index (χ1n) is 5.56. The molecule has 94 valence electrons. The van der Waals surface area contributed by atoms with Crippen LogP contribution < -0.4 is 10.1 Å². The first-order chi connectivity index (χ1) is 8.72. The molecule has 0 amide bonds. The lowest BCUT2D eigenvalue weighted by molar-refractivity contribution is 0.430. The highest BCUT2D eigenvalue weighted by molar-refractivity contribution is 5.39. The third-order valence-corrected chi connectivity index (χ3v) is 2.49. The van der Waals surface area contributed by atoms with Crippen LogP contribution in [0.15, 0.2) is 42.5 Å². The number of benzene rings is 2. The smallest absolute Gasteiger partial charge is 0.165 e. The summed E-state index contributed by atoms with van der Waals surface area (Å²) in [5.41, 5.74) is 0.378. The van der Waals surface area contributed by atoms with Gasteiger partial charge in [-0.25, -0.2) is 8.78 Å². The molecule has 0 unspecified atom stereocenters. The van der Waals surface area contributed by atoms with Crippen molar-refractivity contribution in [2.75, 3.05) is 7.05 Å². The molecule has 2 aromatic rings. The van der Waals surface area contributed by atoms with Crippen LogP contribution in [0.2, 0.25) is 0 Å². The van der Waals surface area contributed by atoms with E-state index in [9.17, 15) is 8.78 Å². The van der Waals surface area contributed by atoms with Crippen molar-refractivity contribution in [3.8, 4) is 11.5 Å². The Kier molecular flexibility index (Phi) is 3.89. The second-order valence-electron chi connectivity index (χ2n) is 3.78. The van der Waals surface area contributed by atoms with Crippen LogP contribution in [0.4, 0.5) is 8.78 Å². The highest BCUT2D eigenvalue weighted by atomic mass is 19.1. The monoisotopic (exact) mass is 249 g/mol. The molecule has 0 bridgehead atoms. The van der Waals surface area contributed by atoms with Gasteiger partial charge in [0.15, 0.2) is 11.6 Å². The maximum Gasteiger partial charge on any atom is 0.165 e. The minimum absolute atomic E-state index is 0.0838. The van der Waals surface area contributed by atoms with Gasteiger partial charge in [0.2, 0.25) is 0 Å². The third-order valence-electron chi connectivity index (χ3n) is 2.49. The number of para-hydroxylation sites is 1. The fourth-order valence-electron chi connectivity index (χ4n) is 1.63. The molecule has 0 radical (unpaired) electrons. The van der Waals surface area contributed by atoms with Gasteiger partial charge in [-0.2, -0.15) is 0 Å². The van der Waals surface area contributed by atoms with Gasteiger partial charge in [-0.15, -0.1) is 0 Å². The fourth-order valence-corrected chi connectivity index (χ4v) is 1.63. The number of nitrogens with one attached hydrogen (secondary N) is 1. The molecule has 0 saturated carbocycles. The van der Waals surface area contributed by atoms with E-state index in [-0.39, 0.29) is 11.6 Å². The Morgan fingerprint density at radius 1 is 0.944 bits per heavy atom. The zero-order valence-electron chi connectivity index (χ0n) is 9.91. The quantitative estimate of drug-likeness (QED) is 0.895. The van der Waals surface area contributed by atoms with Crippen molar-refractivity contribution < 1.29 is 13.5 Å². The molecule has 4 heteroatoms. The lowest BCUT2D eigenvalue weighted by atomic mass is 10.2. The second kappa shape index (κ2) is 5.60. The van der Waals surface area contributed by atoms with Crippen LogP contribution in [0.25, 0.3) is 0 Å². The second-order valence-corrected chi connectivity index (χ2v) is 3.78. The Morgan fingerprint density at radius 3 is 2.33 bits per heavy atom. The van der Waals surface area contributed by atoms with E-state index in [1.54, 1.807) is 25.2 Å². The molecule has 0 saturated heterocycles. The average Bonchev–Trinajstić information content (AvgIpc) is 2.36. The van der Waals surface area contributed by atoms with Gasteiger partial charge < -0.3 is 10.1 Å². The molecule has 0 aliphatic heterocycles. The SMILES string of the molecule is CNCc1c(F)cccc1Oc1ccccc1F. The Hall–Kier alpha value is -1.94. The summed E-state index contributed by atoms with van der Waals surface area (Å²) in [6, 6.07) is 10.5. The van der Waals surface area contributed by atoms with Crippen molar-refractivity contribution in [3.63, 3.8) is 0 Å². The zero-order chi connectivity index (χ0) is 13.0. The number of rotatable bonds is 4. The average molecular weight is 249 g/mol. The summed E-state index contributed by atoms with van der Waals surface area (Å²) in [4.78, 5) is 0. The maximum absolute atomic E-state index is 13.6. The molecule has 18 heavy (non-hydrogen) atoms. The van der Waals surface area contributed by atoms with E-state index in [0.29, 0.717) is 17.9 Å². The van der Waals surface area contributed by atoms with Crippen LogP contribution in [-0.4, -0.2) is 7.05 Å². The number of hydrogen-bond donors (Lipinski definition) is 1. The van der Waals surface area contributed by atoms with Crippen LogP contribution in [0, 0.1) is 11.6 Å². The van der Waals surface area contributed by atoms with Gasteiger partial charge in [-0.3, -0.25) is 0 Å². The molecule has 0 aliphatic carbocycles. The predicted octanol–water partition coefficient (Wildman–Crippen LogP) is 3.48. The van der Waals surface area contributed by atoms with E-state index in [4.69, 9.17) is 4.74 Å². The fraction of sp³-hybridized carbons (Fsp3) is 0.143. The number of halogens is 2. The molecular weight excluding hydrogens is 236 g/mol. The topological polar surface area (TPSA) is 21.3 Å². The molecule has 2 rings (SSSR count). The van der Waals surface area contributed by atoms with E-state index in [1.165, 1.54) is 24.3 Å². The Morgan fingerprint density at radius 2 is 1.61 bits per heavy atom. The van der Waals surface area contributed by atoms with Crippen molar-refractivity contribution >= 4 is 0 Å². The minimum Gasteiger partial charge on any atom is -0.454 e. The van der Waals surface area contributed by atoms with Gasteiger partial charge in [0.25, 0.3) is 0 Å². The molecular formula is C14H13F2NO. The van der Waals surface area contributed by atoms with Gasteiger partial charge >= 0.3 is 0 Å². The van der Waals surface area contributed by atoms with Crippen LogP contribution in [-0.2, 0) is 6.54 Å². The molecule has 0 aromatic heterocycles. The molecule has 0 fully saturated rings. The Bertz CT molecular complexity index is 543. The third kappa shape index (κ3) is 2.65. The molecule has 0 spiro atoms. The van der Waals surface area contributed by atoms with Crippen LogP contribution in [0.3, 0.4) is 0 Å². The molecule has 2 aromatic carbocycles. The summed E-state index contributed by atoms with van der Waals surface area (Å²) in [5.74, 6) is -0.453. The van der Waals surface area contributed by atoms with Gasteiger partial charge in [-0.05, 0) is 31.3 Å². The Balaban J connectivity index is 2.34. The number of hydrogen-bond acceptors (Lipinski definition) is 2. The first kappa shape index (κ1) is 12.5. The molecule has 2 nitrogen and oxygen atoms in total. The van der Waals surface area contributed by atoms with Gasteiger partial charge in [0.1, 0.15) is 11.6 Å². The van der Waals surface area contributed by atoms with Crippen molar-refractivity contribution in [1.82, 2.24) is 5.32 Å². The summed E-state index contributed by atoms with van der Waals surface area (Å²) in [6.07, 6.45) is 0. The van der Waals surface area contributed by atoms with E-state index in [1.807, 2.05) is 0 Å². The lowest BCUT2D eigenvalue weighted by Gasteiger charge is -2.12. The first-order valence-corrected chi connectivity index (χ1v) is 5.56. The van der Waals surface area contributed by atoms with Gasteiger partial charge in [-0.1, -0.05) is 18.2 Å². The van der Waals surface area contributed by atoms with Gasteiger partial charge in [0.05, 0.1) is 0 Å². The molecule has 0 heterocycles. The summed E-state index contributed by atoms with van der Waals surface area (Å²) >= 11 is 0. The van der Waals surface area contributed by atoms with E-state index >= 15 is 0 Å². The highest BCUT2D eigenvalue weighted by Gasteiger charge is 2.11. The Labute approximate surface area is 104 Å². The summed E-state index contributed by atoms with van der Waals surface area (Å²) in [6.45, 7) is 0.316. The van der Waals surface area contributed by atoms with Crippen molar-refractivity contribution in [3.05, 3.63) is 59.7 Å². The minimum atomic E-state index is -0.475. The molecule has 0 atom stereocenters. The normalized spacial score (nSPS) is 10.4. The molecule has 0 aliphatic rings. The maximum atomic E-state index is 13.6. The standard InChI is InChI=1S/C14H13F2NO/c1-17-9-10-11(15)6-4-8-13(10)18-14-7-3-2-5-12(14)16/h2-8,17H,9H2,1H3. The molecule has 1 N–H and O–H groups in total. The highest BCUT2D eigenvalue weighted by Crippen LogP contribution is 2.28.